The quantitative estimate of drug-likeness (QED) is 0.679. The van der Waals surface area contributed by atoms with Gasteiger partial charge in [0.15, 0.2) is 0 Å². The second-order valence-corrected chi connectivity index (χ2v) is 9.88. The van der Waals surface area contributed by atoms with Crippen LogP contribution in [0.15, 0.2) is 48.5 Å². The van der Waals surface area contributed by atoms with Crippen LogP contribution in [0.2, 0.25) is 0 Å². The number of benzene rings is 2. The number of sulfonamides is 1. The van der Waals surface area contributed by atoms with Crippen LogP contribution in [0.5, 0.6) is 0 Å². The fourth-order valence-electron chi connectivity index (χ4n) is 4.29. The van der Waals surface area contributed by atoms with E-state index in [4.69, 9.17) is 0 Å². The molecule has 0 fully saturated rings. The molecular formula is C24H32N2O3S. The van der Waals surface area contributed by atoms with Crippen LogP contribution in [0.1, 0.15) is 62.3 Å². The van der Waals surface area contributed by atoms with E-state index in [1.807, 2.05) is 19.9 Å². The van der Waals surface area contributed by atoms with Gasteiger partial charge in [-0.2, -0.15) is 0 Å². The third-order valence-electron chi connectivity index (χ3n) is 5.84. The number of nitrogens with zero attached hydrogens (tertiary/aromatic N) is 1. The van der Waals surface area contributed by atoms with Crippen molar-refractivity contribution in [2.45, 2.75) is 64.5 Å². The number of para-hydroxylation sites is 1. The Hall–Kier alpha value is -2.34. The SMILES string of the molecule is CC[C@H](NC(=O)[C@H](CC)N(c1ccccc1)S(C)(=O)=O)c1ccc2c(c1)CCCC2. The van der Waals surface area contributed by atoms with Gasteiger partial charge < -0.3 is 5.32 Å². The summed E-state index contributed by atoms with van der Waals surface area (Å²) < 4.78 is 26.4. The van der Waals surface area contributed by atoms with Gasteiger partial charge in [-0.3, -0.25) is 9.10 Å². The van der Waals surface area contributed by atoms with Crippen LogP contribution in [-0.2, 0) is 27.7 Å². The van der Waals surface area contributed by atoms with Crippen LogP contribution in [0.3, 0.4) is 0 Å². The first-order valence-electron chi connectivity index (χ1n) is 10.8. The molecule has 1 N–H and O–H groups in total. The molecule has 1 aliphatic rings. The predicted molar refractivity (Wildman–Crippen MR) is 122 cm³/mol. The zero-order valence-electron chi connectivity index (χ0n) is 18.1. The number of carbonyl (C=O) groups is 1. The smallest absolute Gasteiger partial charge is 0.244 e. The lowest BCUT2D eigenvalue weighted by Crippen LogP contribution is -2.50. The molecule has 3 rings (SSSR count). The van der Waals surface area contributed by atoms with E-state index in [2.05, 4.69) is 23.5 Å². The van der Waals surface area contributed by atoms with Crippen LogP contribution in [0.4, 0.5) is 5.69 Å². The second kappa shape index (κ2) is 9.65. The van der Waals surface area contributed by atoms with Crippen molar-refractivity contribution in [2.75, 3.05) is 10.6 Å². The molecular weight excluding hydrogens is 396 g/mol. The molecule has 0 aromatic heterocycles. The van der Waals surface area contributed by atoms with Gasteiger partial charge in [0.2, 0.25) is 15.9 Å². The van der Waals surface area contributed by atoms with Gasteiger partial charge in [-0.05, 0) is 67.3 Å². The number of amides is 1. The molecule has 0 bridgehead atoms. The Balaban J connectivity index is 1.85. The summed E-state index contributed by atoms with van der Waals surface area (Å²) in [5.41, 5.74) is 4.38. The molecule has 0 radical (unpaired) electrons. The number of nitrogens with one attached hydrogen (secondary N) is 1. The fourth-order valence-corrected chi connectivity index (χ4v) is 5.51. The van der Waals surface area contributed by atoms with Gasteiger partial charge in [-0.1, -0.05) is 50.2 Å². The van der Waals surface area contributed by atoms with E-state index in [0.29, 0.717) is 12.1 Å². The van der Waals surface area contributed by atoms with Gasteiger partial charge >= 0.3 is 0 Å². The highest BCUT2D eigenvalue weighted by Crippen LogP contribution is 2.27. The Kier molecular flexibility index (Phi) is 7.19. The van der Waals surface area contributed by atoms with Gasteiger partial charge in [0.25, 0.3) is 0 Å². The maximum atomic E-state index is 13.2. The largest absolute Gasteiger partial charge is 0.347 e. The highest BCUT2D eigenvalue weighted by molar-refractivity contribution is 7.92. The molecule has 2 aromatic rings. The molecule has 1 amide bonds. The second-order valence-electron chi connectivity index (χ2n) is 8.02. The molecule has 0 saturated carbocycles. The Labute approximate surface area is 180 Å². The van der Waals surface area contributed by atoms with Gasteiger partial charge in [0.05, 0.1) is 18.0 Å². The average molecular weight is 429 g/mol. The van der Waals surface area contributed by atoms with E-state index in [0.717, 1.165) is 31.1 Å². The molecule has 2 atom stereocenters. The summed E-state index contributed by atoms with van der Waals surface area (Å²) in [6, 6.07) is 14.4. The van der Waals surface area contributed by atoms with E-state index in [1.54, 1.807) is 24.3 Å². The van der Waals surface area contributed by atoms with Crippen molar-refractivity contribution in [1.29, 1.82) is 0 Å². The summed E-state index contributed by atoms with van der Waals surface area (Å²) in [6.45, 7) is 3.88. The van der Waals surface area contributed by atoms with Gasteiger partial charge in [0, 0.05) is 0 Å². The van der Waals surface area contributed by atoms with E-state index in [1.165, 1.54) is 28.3 Å². The predicted octanol–water partition coefficient (Wildman–Crippen LogP) is 4.38. The van der Waals surface area contributed by atoms with Crippen molar-refractivity contribution in [2.24, 2.45) is 0 Å². The van der Waals surface area contributed by atoms with Crippen molar-refractivity contribution >= 4 is 21.6 Å². The summed E-state index contributed by atoms with van der Waals surface area (Å²) in [5.74, 6) is -0.267. The zero-order chi connectivity index (χ0) is 21.7. The zero-order valence-corrected chi connectivity index (χ0v) is 18.9. The lowest BCUT2D eigenvalue weighted by atomic mass is 9.88. The van der Waals surface area contributed by atoms with Gasteiger partial charge in [-0.15, -0.1) is 0 Å². The summed E-state index contributed by atoms with van der Waals surface area (Å²) in [4.78, 5) is 13.2. The lowest BCUT2D eigenvalue weighted by molar-refractivity contribution is -0.123. The molecule has 0 saturated heterocycles. The number of aryl methyl sites for hydroxylation is 2. The van der Waals surface area contributed by atoms with Crippen LogP contribution in [-0.4, -0.2) is 26.6 Å². The number of fused-ring (bicyclic) bond motifs is 1. The van der Waals surface area contributed by atoms with Crippen molar-refractivity contribution in [3.05, 3.63) is 65.2 Å². The highest BCUT2D eigenvalue weighted by Gasteiger charge is 2.32. The van der Waals surface area contributed by atoms with Gasteiger partial charge in [-0.25, -0.2) is 8.42 Å². The molecule has 30 heavy (non-hydrogen) atoms. The Morgan fingerprint density at radius 2 is 1.67 bits per heavy atom. The van der Waals surface area contributed by atoms with Crippen molar-refractivity contribution in [3.63, 3.8) is 0 Å². The van der Waals surface area contributed by atoms with E-state index in [9.17, 15) is 13.2 Å². The van der Waals surface area contributed by atoms with Crippen molar-refractivity contribution in [3.8, 4) is 0 Å². The average Bonchev–Trinajstić information content (AvgIpc) is 2.74. The summed E-state index contributed by atoms with van der Waals surface area (Å²) in [5, 5.41) is 3.12. The monoisotopic (exact) mass is 428 g/mol. The molecule has 1 aliphatic carbocycles. The van der Waals surface area contributed by atoms with Crippen LogP contribution in [0, 0.1) is 0 Å². The highest BCUT2D eigenvalue weighted by atomic mass is 32.2. The molecule has 0 heterocycles. The minimum Gasteiger partial charge on any atom is -0.347 e. The fraction of sp³-hybridized carbons (Fsp3) is 0.458. The minimum atomic E-state index is -3.62. The summed E-state index contributed by atoms with van der Waals surface area (Å²) >= 11 is 0. The molecule has 5 nitrogen and oxygen atoms in total. The molecule has 6 heteroatoms. The minimum absolute atomic E-state index is 0.143. The molecule has 0 aliphatic heterocycles. The van der Waals surface area contributed by atoms with Crippen molar-refractivity contribution in [1.82, 2.24) is 5.32 Å². The molecule has 2 aromatic carbocycles. The van der Waals surface area contributed by atoms with E-state index >= 15 is 0 Å². The summed E-state index contributed by atoms with van der Waals surface area (Å²) in [7, 11) is -3.62. The van der Waals surface area contributed by atoms with Crippen LogP contribution >= 0.6 is 0 Å². The molecule has 162 valence electrons. The Morgan fingerprint density at radius 3 is 2.27 bits per heavy atom. The standard InChI is InChI=1S/C24H32N2O3S/c1-4-22(20-16-15-18-11-9-10-12-19(18)17-20)25-24(27)23(5-2)26(30(3,28)29)21-13-7-6-8-14-21/h6-8,13-17,22-23H,4-5,9-12H2,1-3H3,(H,25,27)/t22-,23-/m0/s1. The summed E-state index contributed by atoms with van der Waals surface area (Å²) in [6.07, 6.45) is 6.92. The Bertz CT molecular complexity index is 973. The molecule has 0 unspecified atom stereocenters. The topological polar surface area (TPSA) is 66.5 Å². The number of rotatable bonds is 8. The number of anilines is 1. The maximum absolute atomic E-state index is 13.2. The first-order valence-corrected chi connectivity index (χ1v) is 12.7. The number of carbonyl (C=O) groups excluding carboxylic acids is 1. The number of hydrogen-bond donors (Lipinski definition) is 1. The lowest BCUT2D eigenvalue weighted by Gasteiger charge is -2.31. The van der Waals surface area contributed by atoms with Crippen molar-refractivity contribution < 1.29 is 13.2 Å². The first-order chi connectivity index (χ1) is 14.3. The van der Waals surface area contributed by atoms with Gasteiger partial charge in [0.1, 0.15) is 6.04 Å². The van der Waals surface area contributed by atoms with Crippen LogP contribution in [0.25, 0.3) is 0 Å². The Morgan fingerprint density at radius 1 is 1.00 bits per heavy atom. The third kappa shape index (κ3) is 5.04. The van der Waals surface area contributed by atoms with E-state index in [-0.39, 0.29) is 11.9 Å². The number of hydrogen-bond acceptors (Lipinski definition) is 3. The third-order valence-corrected chi connectivity index (χ3v) is 7.02. The first kappa shape index (κ1) is 22.3. The van der Waals surface area contributed by atoms with E-state index < -0.39 is 16.1 Å². The normalized spacial score (nSPS) is 15.7. The van der Waals surface area contributed by atoms with Crippen LogP contribution < -0.4 is 9.62 Å². The maximum Gasteiger partial charge on any atom is 0.244 e. The molecule has 0 spiro atoms.